The van der Waals surface area contributed by atoms with Crippen LogP contribution in [0.3, 0.4) is 0 Å². The molecule has 0 aromatic carbocycles. The van der Waals surface area contributed by atoms with Crippen molar-refractivity contribution in [1.82, 2.24) is 0 Å². The first-order chi connectivity index (χ1) is 11.8. The molecule has 0 N–H and O–H groups in total. The lowest BCUT2D eigenvalue weighted by Gasteiger charge is -2.56. The quantitative estimate of drug-likeness (QED) is 0.512. The van der Waals surface area contributed by atoms with Crippen LogP contribution in [0.4, 0.5) is 0 Å². The third-order valence-electron chi connectivity index (χ3n) is 8.05. The molecule has 25 heavy (non-hydrogen) atoms. The molecule has 0 heterocycles. The van der Waals surface area contributed by atoms with Gasteiger partial charge >= 0.3 is 5.97 Å². The maximum absolute atomic E-state index is 12.0. The second kappa shape index (κ2) is 5.96. The van der Waals surface area contributed by atoms with E-state index in [2.05, 4.69) is 20.8 Å². The highest BCUT2D eigenvalue weighted by Gasteiger charge is 2.59. The molecule has 4 aliphatic carbocycles. The Kier molecular flexibility index (Phi) is 4.12. The standard InChI is InChI=1S/C22H32O3/c1-12-9-15-10-16(24)5-6-17(15)20-13(2)11-22(4)18(21(12)20)7-8-19(22)25-14(3)23/h12-13,18-21H,5-11H2,1-4H3/t12-,13+,18?,19+,20?,21?,22+/m1/s1. The van der Waals surface area contributed by atoms with Gasteiger partial charge in [0.15, 0.2) is 0 Å². The molecule has 7 atom stereocenters. The molecule has 3 heteroatoms. The topological polar surface area (TPSA) is 43.4 Å². The Balaban J connectivity index is 1.69. The average molecular weight is 344 g/mol. The summed E-state index contributed by atoms with van der Waals surface area (Å²) >= 11 is 0. The molecule has 4 aliphatic rings. The molecule has 2 saturated carbocycles. The first-order valence-electron chi connectivity index (χ1n) is 10.2. The van der Waals surface area contributed by atoms with Gasteiger partial charge in [-0.15, -0.1) is 0 Å². The van der Waals surface area contributed by atoms with E-state index in [9.17, 15) is 9.59 Å². The summed E-state index contributed by atoms with van der Waals surface area (Å²) in [5.74, 6) is 3.56. The highest BCUT2D eigenvalue weighted by molar-refractivity contribution is 5.82. The molecule has 0 bridgehead atoms. The van der Waals surface area contributed by atoms with E-state index in [0.717, 1.165) is 32.1 Å². The van der Waals surface area contributed by atoms with Crippen LogP contribution in [0.5, 0.6) is 0 Å². The van der Waals surface area contributed by atoms with Gasteiger partial charge in [-0.25, -0.2) is 0 Å². The molecule has 3 nitrogen and oxygen atoms in total. The van der Waals surface area contributed by atoms with E-state index in [1.807, 2.05) is 0 Å². The van der Waals surface area contributed by atoms with Crippen LogP contribution in [0.2, 0.25) is 0 Å². The summed E-state index contributed by atoms with van der Waals surface area (Å²) < 4.78 is 5.77. The number of esters is 1. The van der Waals surface area contributed by atoms with E-state index in [1.54, 1.807) is 12.5 Å². The summed E-state index contributed by atoms with van der Waals surface area (Å²) in [6.07, 6.45) is 7.03. The number of hydrogen-bond acceptors (Lipinski definition) is 3. The molecule has 2 fully saturated rings. The molecule has 3 unspecified atom stereocenters. The van der Waals surface area contributed by atoms with Crippen LogP contribution in [-0.4, -0.2) is 17.9 Å². The summed E-state index contributed by atoms with van der Waals surface area (Å²) in [5, 5.41) is 0. The predicted octanol–water partition coefficient (Wildman–Crippen LogP) is 4.70. The molecular weight excluding hydrogens is 312 g/mol. The minimum atomic E-state index is -0.130. The summed E-state index contributed by atoms with van der Waals surface area (Å²) in [4.78, 5) is 23.6. The second-order valence-electron chi connectivity index (χ2n) is 9.60. The molecule has 0 aromatic heterocycles. The Morgan fingerprint density at radius 3 is 2.64 bits per heavy atom. The minimum absolute atomic E-state index is 0.0916. The number of ketones is 1. The lowest BCUT2D eigenvalue weighted by molar-refractivity contribution is -0.157. The van der Waals surface area contributed by atoms with Crippen molar-refractivity contribution in [1.29, 1.82) is 0 Å². The largest absolute Gasteiger partial charge is 0.462 e. The fourth-order valence-corrected chi connectivity index (χ4v) is 7.34. The number of hydrogen-bond donors (Lipinski definition) is 0. The van der Waals surface area contributed by atoms with Crippen LogP contribution >= 0.6 is 0 Å². The second-order valence-corrected chi connectivity index (χ2v) is 9.60. The van der Waals surface area contributed by atoms with Gasteiger partial charge in [-0.2, -0.15) is 0 Å². The Morgan fingerprint density at radius 2 is 1.92 bits per heavy atom. The third kappa shape index (κ3) is 2.61. The maximum Gasteiger partial charge on any atom is 0.302 e. The Bertz CT molecular complexity index is 633. The molecule has 0 aliphatic heterocycles. The fraction of sp³-hybridized carbons (Fsp3) is 0.818. The number of carbonyl (C=O) groups excluding carboxylic acids is 2. The van der Waals surface area contributed by atoms with Crippen LogP contribution in [0, 0.1) is 35.0 Å². The SMILES string of the molecule is CC(=O)O[C@H]1CCC2C3C(C4=C(CC(=O)CC4)C[C@H]3C)[C@@H](C)C[C@@]21C. The van der Waals surface area contributed by atoms with E-state index < -0.39 is 0 Å². The number of Topliss-reactive ketones (excluding diaryl/α,β-unsaturated/α-hetero) is 1. The number of ether oxygens (including phenoxy) is 1. The lowest BCUT2D eigenvalue weighted by atomic mass is 9.49. The highest BCUT2D eigenvalue weighted by Crippen LogP contribution is 2.64. The molecule has 0 amide bonds. The monoisotopic (exact) mass is 344 g/mol. The van der Waals surface area contributed by atoms with Crippen molar-refractivity contribution in [3.8, 4) is 0 Å². The number of carbonyl (C=O) groups is 2. The van der Waals surface area contributed by atoms with Crippen molar-refractivity contribution in [2.45, 2.75) is 78.7 Å². The van der Waals surface area contributed by atoms with E-state index in [0.29, 0.717) is 41.8 Å². The van der Waals surface area contributed by atoms with Crippen LogP contribution in [-0.2, 0) is 14.3 Å². The molecule has 138 valence electrons. The van der Waals surface area contributed by atoms with Crippen molar-refractivity contribution in [3.63, 3.8) is 0 Å². The molecule has 4 rings (SSSR count). The number of rotatable bonds is 1. The van der Waals surface area contributed by atoms with Gasteiger partial charge in [0.2, 0.25) is 0 Å². The Morgan fingerprint density at radius 1 is 1.16 bits per heavy atom. The van der Waals surface area contributed by atoms with Crippen molar-refractivity contribution in [2.75, 3.05) is 0 Å². The van der Waals surface area contributed by atoms with Crippen molar-refractivity contribution in [3.05, 3.63) is 11.1 Å². The summed E-state index contributed by atoms with van der Waals surface area (Å²) in [7, 11) is 0. The van der Waals surface area contributed by atoms with E-state index in [1.165, 1.54) is 12.0 Å². The maximum atomic E-state index is 12.0. The van der Waals surface area contributed by atoms with Crippen molar-refractivity contribution < 1.29 is 14.3 Å². The summed E-state index contributed by atoms with van der Waals surface area (Å²) in [6.45, 7) is 8.73. The predicted molar refractivity (Wildman–Crippen MR) is 96.8 cm³/mol. The first-order valence-corrected chi connectivity index (χ1v) is 10.2. The average Bonchev–Trinajstić information content (AvgIpc) is 2.82. The van der Waals surface area contributed by atoms with Gasteiger partial charge < -0.3 is 4.74 Å². The molecule has 0 aromatic rings. The molecule has 0 spiro atoms. The zero-order valence-corrected chi connectivity index (χ0v) is 16.1. The van der Waals surface area contributed by atoms with Crippen LogP contribution < -0.4 is 0 Å². The smallest absolute Gasteiger partial charge is 0.302 e. The normalized spacial score (nSPS) is 46.3. The van der Waals surface area contributed by atoms with Gasteiger partial charge in [0.25, 0.3) is 0 Å². The third-order valence-corrected chi connectivity index (χ3v) is 8.05. The minimum Gasteiger partial charge on any atom is -0.462 e. The van der Waals surface area contributed by atoms with Crippen LogP contribution in [0.25, 0.3) is 0 Å². The first kappa shape index (κ1) is 17.3. The highest BCUT2D eigenvalue weighted by atomic mass is 16.5. The van der Waals surface area contributed by atoms with Gasteiger partial charge in [0.1, 0.15) is 11.9 Å². The fourth-order valence-electron chi connectivity index (χ4n) is 7.34. The van der Waals surface area contributed by atoms with Gasteiger partial charge in [0.05, 0.1) is 0 Å². The number of allylic oxidation sites excluding steroid dienone is 2. The molecular formula is C22H32O3. The zero-order valence-electron chi connectivity index (χ0n) is 16.1. The van der Waals surface area contributed by atoms with Gasteiger partial charge in [-0.05, 0) is 61.7 Å². The summed E-state index contributed by atoms with van der Waals surface area (Å²) in [6, 6.07) is 0. The van der Waals surface area contributed by atoms with Crippen LogP contribution in [0.15, 0.2) is 11.1 Å². The number of fused-ring (bicyclic) bond motifs is 4. The van der Waals surface area contributed by atoms with E-state index >= 15 is 0 Å². The van der Waals surface area contributed by atoms with Gasteiger partial charge in [-0.1, -0.05) is 31.9 Å². The zero-order chi connectivity index (χ0) is 17.9. The Hall–Kier alpha value is -1.12. The van der Waals surface area contributed by atoms with E-state index in [-0.39, 0.29) is 17.5 Å². The Labute approximate surface area is 151 Å². The van der Waals surface area contributed by atoms with Crippen LogP contribution in [0.1, 0.15) is 72.6 Å². The lowest BCUT2D eigenvalue weighted by Crippen LogP contribution is -2.51. The van der Waals surface area contributed by atoms with Crippen molar-refractivity contribution >= 4 is 11.8 Å². The summed E-state index contributed by atoms with van der Waals surface area (Å²) in [5.41, 5.74) is 3.26. The van der Waals surface area contributed by atoms with Gasteiger partial charge in [-0.3, -0.25) is 9.59 Å². The van der Waals surface area contributed by atoms with Crippen molar-refractivity contribution in [2.24, 2.45) is 35.0 Å². The van der Waals surface area contributed by atoms with E-state index in [4.69, 9.17) is 4.74 Å². The van der Waals surface area contributed by atoms with Gasteiger partial charge in [0, 0.05) is 25.2 Å². The molecule has 0 saturated heterocycles. The molecule has 0 radical (unpaired) electrons.